The van der Waals surface area contributed by atoms with Gasteiger partial charge in [-0.1, -0.05) is 30.3 Å². The van der Waals surface area contributed by atoms with Gasteiger partial charge in [0.1, 0.15) is 17.3 Å². The summed E-state index contributed by atoms with van der Waals surface area (Å²) in [6.07, 6.45) is 0.681. The molecule has 7 nitrogen and oxygen atoms in total. The highest BCUT2D eigenvalue weighted by Crippen LogP contribution is 2.43. The van der Waals surface area contributed by atoms with E-state index in [1.807, 2.05) is 37.2 Å². The standard InChI is InChI=1S/C24H28N2O5/c1-25(2)14-9-15-26-21(16-10-5-7-12-18(16)30-3)20(23(28)24(26)29)22(27)17-11-6-8-13-19(17)31-4/h5-8,10-13,21,27H,9,14-15H2,1-4H3/b22-20+. The first-order valence-corrected chi connectivity index (χ1v) is 10.1. The second kappa shape index (κ2) is 9.66. The van der Waals surface area contributed by atoms with Gasteiger partial charge in [0.2, 0.25) is 0 Å². The smallest absolute Gasteiger partial charge is 0.295 e. The van der Waals surface area contributed by atoms with E-state index < -0.39 is 17.7 Å². The van der Waals surface area contributed by atoms with Crippen molar-refractivity contribution in [1.82, 2.24) is 9.80 Å². The number of nitrogens with zero attached hydrogens (tertiary/aromatic N) is 2. The summed E-state index contributed by atoms with van der Waals surface area (Å²) in [5.74, 6) is -0.660. The first-order valence-electron chi connectivity index (χ1n) is 10.1. The average Bonchev–Trinajstić information content (AvgIpc) is 3.03. The molecular weight excluding hydrogens is 396 g/mol. The molecule has 164 valence electrons. The van der Waals surface area contributed by atoms with Crippen molar-refractivity contribution in [3.8, 4) is 11.5 Å². The van der Waals surface area contributed by atoms with Gasteiger partial charge in [-0.25, -0.2) is 0 Å². The second-order valence-electron chi connectivity index (χ2n) is 7.59. The summed E-state index contributed by atoms with van der Waals surface area (Å²) < 4.78 is 10.9. The third-order valence-electron chi connectivity index (χ3n) is 5.34. The number of rotatable bonds is 8. The molecule has 0 aromatic heterocycles. The molecule has 1 atom stereocenters. The number of hydrogen-bond acceptors (Lipinski definition) is 6. The number of likely N-dealkylation sites (tertiary alicyclic amines) is 1. The van der Waals surface area contributed by atoms with Crippen molar-refractivity contribution in [1.29, 1.82) is 0 Å². The second-order valence-corrected chi connectivity index (χ2v) is 7.59. The fraction of sp³-hybridized carbons (Fsp3) is 0.333. The Labute approximate surface area is 182 Å². The van der Waals surface area contributed by atoms with Crippen LogP contribution in [0.3, 0.4) is 0 Å². The summed E-state index contributed by atoms with van der Waals surface area (Å²) in [5, 5.41) is 11.2. The summed E-state index contributed by atoms with van der Waals surface area (Å²) in [5.41, 5.74) is 1.03. The molecule has 2 aromatic carbocycles. The molecule has 31 heavy (non-hydrogen) atoms. The van der Waals surface area contributed by atoms with Gasteiger partial charge in [0, 0.05) is 12.1 Å². The number of ether oxygens (including phenoxy) is 2. The summed E-state index contributed by atoms with van der Waals surface area (Å²) in [4.78, 5) is 29.7. The molecule has 0 aliphatic carbocycles. The fourth-order valence-corrected chi connectivity index (χ4v) is 3.87. The number of ketones is 1. The number of benzene rings is 2. The van der Waals surface area contributed by atoms with Gasteiger partial charge in [0.15, 0.2) is 0 Å². The first-order chi connectivity index (χ1) is 14.9. The van der Waals surface area contributed by atoms with Gasteiger partial charge >= 0.3 is 0 Å². The number of methoxy groups -OCH3 is 2. The van der Waals surface area contributed by atoms with E-state index in [-0.39, 0.29) is 11.3 Å². The van der Waals surface area contributed by atoms with E-state index in [1.54, 1.807) is 30.3 Å². The summed E-state index contributed by atoms with van der Waals surface area (Å²) in [7, 11) is 6.93. The van der Waals surface area contributed by atoms with Crippen molar-refractivity contribution >= 4 is 17.4 Å². The molecule has 1 aliphatic rings. The summed E-state index contributed by atoms with van der Waals surface area (Å²) >= 11 is 0. The Morgan fingerprint density at radius 1 is 1.00 bits per heavy atom. The van der Waals surface area contributed by atoms with Crippen LogP contribution < -0.4 is 9.47 Å². The lowest BCUT2D eigenvalue weighted by molar-refractivity contribution is -0.140. The van der Waals surface area contributed by atoms with Crippen molar-refractivity contribution < 1.29 is 24.2 Å². The van der Waals surface area contributed by atoms with Crippen molar-refractivity contribution in [3.63, 3.8) is 0 Å². The maximum absolute atomic E-state index is 13.1. The van der Waals surface area contributed by atoms with Crippen LogP contribution in [0.2, 0.25) is 0 Å². The Morgan fingerprint density at radius 3 is 2.26 bits per heavy atom. The Hall–Kier alpha value is -3.32. The van der Waals surface area contributed by atoms with Crippen molar-refractivity contribution in [2.75, 3.05) is 41.4 Å². The highest BCUT2D eigenvalue weighted by molar-refractivity contribution is 6.46. The third-order valence-corrected chi connectivity index (χ3v) is 5.34. The van der Waals surface area contributed by atoms with Gasteiger partial charge in [-0.2, -0.15) is 0 Å². The maximum Gasteiger partial charge on any atom is 0.295 e. The van der Waals surface area contributed by atoms with Crippen LogP contribution in [-0.2, 0) is 9.59 Å². The molecule has 0 saturated carbocycles. The predicted octanol–water partition coefficient (Wildman–Crippen LogP) is 3.08. The van der Waals surface area contributed by atoms with Crippen LogP contribution in [0.15, 0.2) is 54.1 Å². The topological polar surface area (TPSA) is 79.3 Å². The highest BCUT2D eigenvalue weighted by atomic mass is 16.5. The molecule has 1 heterocycles. The molecule has 1 aliphatic heterocycles. The van der Waals surface area contributed by atoms with Crippen molar-refractivity contribution in [3.05, 3.63) is 65.2 Å². The largest absolute Gasteiger partial charge is 0.507 e. The van der Waals surface area contributed by atoms with Gasteiger partial charge in [-0.3, -0.25) is 9.59 Å². The molecule has 1 saturated heterocycles. The lowest BCUT2D eigenvalue weighted by atomic mass is 9.94. The van der Waals surface area contributed by atoms with Crippen LogP contribution in [0.4, 0.5) is 0 Å². The quantitative estimate of drug-likeness (QED) is 0.399. The van der Waals surface area contributed by atoms with Gasteiger partial charge in [0.25, 0.3) is 11.7 Å². The van der Waals surface area contributed by atoms with Gasteiger partial charge in [0.05, 0.1) is 31.4 Å². The van der Waals surface area contributed by atoms with Crippen LogP contribution in [0.1, 0.15) is 23.6 Å². The van der Waals surface area contributed by atoms with E-state index in [0.29, 0.717) is 35.6 Å². The van der Waals surface area contributed by atoms with E-state index >= 15 is 0 Å². The number of amides is 1. The monoisotopic (exact) mass is 424 g/mol. The predicted molar refractivity (Wildman–Crippen MR) is 118 cm³/mol. The molecule has 0 spiro atoms. The lowest BCUT2D eigenvalue weighted by Crippen LogP contribution is -2.32. The number of carbonyl (C=O) groups excluding carboxylic acids is 2. The molecular formula is C24H28N2O5. The number of hydrogen-bond donors (Lipinski definition) is 1. The van der Waals surface area contributed by atoms with Crippen LogP contribution in [0.5, 0.6) is 11.5 Å². The molecule has 1 fully saturated rings. The van der Waals surface area contributed by atoms with E-state index in [2.05, 4.69) is 0 Å². The molecule has 3 rings (SSSR count). The van der Waals surface area contributed by atoms with Crippen LogP contribution in [-0.4, -0.2) is 68.0 Å². The summed E-state index contributed by atoms with van der Waals surface area (Å²) in [6, 6.07) is 13.3. The first kappa shape index (κ1) is 22.4. The summed E-state index contributed by atoms with van der Waals surface area (Å²) in [6.45, 7) is 1.13. The molecule has 7 heteroatoms. The number of aliphatic hydroxyl groups excluding tert-OH is 1. The van der Waals surface area contributed by atoms with Crippen LogP contribution in [0.25, 0.3) is 5.76 Å². The number of carbonyl (C=O) groups is 2. The Bertz CT molecular complexity index is 999. The molecule has 0 bridgehead atoms. The van der Waals surface area contributed by atoms with Crippen molar-refractivity contribution in [2.45, 2.75) is 12.5 Å². The van der Waals surface area contributed by atoms with E-state index in [4.69, 9.17) is 9.47 Å². The van der Waals surface area contributed by atoms with E-state index in [0.717, 1.165) is 6.54 Å². The molecule has 2 aromatic rings. The molecule has 1 N–H and O–H groups in total. The van der Waals surface area contributed by atoms with Gasteiger partial charge < -0.3 is 24.4 Å². The fourth-order valence-electron chi connectivity index (χ4n) is 3.87. The van der Waals surface area contributed by atoms with Crippen LogP contribution >= 0.6 is 0 Å². The normalized spacial score (nSPS) is 18.0. The zero-order valence-electron chi connectivity index (χ0n) is 18.3. The lowest BCUT2D eigenvalue weighted by Gasteiger charge is -2.27. The van der Waals surface area contributed by atoms with Gasteiger partial charge in [-0.15, -0.1) is 0 Å². The zero-order valence-corrected chi connectivity index (χ0v) is 18.3. The Morgan fingerprint density at radius 2 is 1.61 bits per heavy atom. The highest BCUT2D eigenvalue weighted by Gasteiger charge is 2.47. The maximum atomic E-state index is 13.1. The molecule has 1 amide bonds. The van der Waals surface area contributed by atoms with Gasteiger partial charge in [-0.05, 0) is 45.3 Å². The minimum atomic E-state index is -0.761. The molecule has 1 unspecified atom stereocenters. The number of para-hydroxylation sites is 2. The number of Topliss-reactive ketones (excluding diaryl/α,β-unsaturated/α-hetero) is 1. The number of aliphatic hydroxyl groups is 1. The zero-order chi connectivity index (χ0) is 22.5. The Balaban J connectivity index is 2.18. The van der Waals surface area contributed by atoms with E-state index in [9.17, 15) is 14.7 Å². The van der Waals surface area contributed by atoms with Crippen LogP contribution in [0, 0.1) is 0 Å². The minimum Gasteiger partial charge on any atom is -0.507 e. The van der Waals surface area contributed by atoms with E-state index in [1.165, 1.54) is 19.1 Å². The third kappa shape index (κ3) is 4.41. The minimum absolute atomic E-state index is 0.0313. The van der Waals surface area contributed by atoms with Crippen molar-refractivity contribution in [2.24, 2.45) is 0 Å². The molecule has 0 radical (unpaired) electrons. The average molecular weight is 424 g/mol. The Kier molecular flexibility index (Phi) is 6.97. The SMILES string of the molecule is COc1ccccc1/C(O)=C1\C(=O)C(=O)N(CCCN(C)C)C1c1ccccc1OC.